The number of carbonyl (C=O) groups is 2. The van der Waals surface area contributed by atoms with Crippen LogP contribution in [0.2, 0.25) is 0 Å². The second kappa shape index (κ2) is 13.3. The zero-order chi connectivity index (χ0) is 28.8. The molecule has 3 heterocycles. The normalized spacial score (nSPS) is 20.3. The maximum atomic E-state index is 13.2. The van der Waals surface area contributed by atoms with Gasteiger partial charge in [-0.05, 0) is 83.7 Å². The number of imidazole rings is 1. The number of ether oxygens (including phenoxy) is 2. The third kappa shape index (κ3) is 7.16. The van der Waals surface area contributed by atoms with E-state index in [-0.39, 0.29) is 29.8 Å². The van der Waals surface area contributed by atoms with Crippen LogP contribution in [0, 0.1) is 5.92 Å². The molecule has 2 fully saturated rings. The van der Waals surface area contributed by atoms with Crippen LogP contribution in [0.3, 0.4) is 0 Å². The molecular formula is C31H42N6O4. The third-order valence-corrected chi connectivity index (χ3v) is 8.09. The molecular weight excluding hydrogens is 520 g/mol. The van der Waals surface area contributed by atoms with Crippen LogP contribution < -0.4 is 20.4 Å². The van der Waals surface area contributed by atoms with E-state index < -0.39 is 0 Å². The van der Waals surface area contributed by atoms with Crippen molar-refractivity contribution in [1.29, 1.82) is 0 Å². The summed E-state index contributed by atoms with van der Waals surface area (Å²) >= 11 is 0. The number of likely N-dealkylation sites (tertiary alicyclic amines) is 1. The molecule has 1 aromatic carbocycles. The second-order valence-corrected chi connectivity index (χ2v) is 11.4. The molecule has 2 aromatic heterocycles. The summed E-state index contributed by atoms with van der Waals surface area (Å²) < 4.78 is 13.5. The van der Waals surface area contributed by atoms with Gasteiger partial charge in [0.2, 0.25) is 17.4 Å². The number of aromatic nitrogens is 3. The largest absolute Gasteiger partial charge is 0.497 e. The second-order valence-electron chi connectivity index (χ2n) is 11.4. The SMILES string of the molecule is COc1cccc(C(=O)/N=c2\[nH]c3cnc(OCCN4CCCCC4)cc3n2C2CCC(C(=O)NC(C)C)CC2)c1. The Morgan fingerprint density at radius 1 is 1.12 bits per heavy atom. The van der Waals surface area contributed by atoms with Crippen LogP contribution in [-0.4, -0.2) is 70.6 Å². The number of hydrogen-bond acceptors (Lipinski definition) is 6. The van der Waals surface area contributed by atoms with Gasteiger partial charge >= 0.3 is 0 Å². The summed E-state index contributed by atoms with van der Waals surface area (Å²) in [5.74, 6) is 0.907. The zero-order valence-corrected chi connectivity index (χ0v) is 24.4. The molecule has 10 nitrogen and oxygen atoms in total. The highest BCUT2D eigenvalue weighted by Gasteiger charge is 2.29. The van der Waals surface area contributed by atoms with Crippen LogP contribution >= 0.6 is 0 Å². The monoisotopic (exact) mass is 562 g/mol. The van der Waals surface area contributed by atoms with Crippen molar-refractivity contribution in [2.75, 3.05) is 33.4 Å². The molecule has 2 aliphatic rings. The molecule has 3 aromatic rings. The molecule has 0 unspecified atom stereocenters. The quantitative estimate of drug-likeness (QED) is 0.403. The fourth-order valence-electron chi connectivity index (χ4n) is 5.92. The number of nitrogens with one attached hydrogen (secondary N) is 2. The van der Waals surface area contributed by atoms with Crippen LogP contribution in [0.25, 0.3) is 11.0 Å². The Kier molecular flexibility index (Phi) is 9.38. The first-order chi connectivity index (χ1) is 19.9. The standard InChI is InChI=1S/C31H42N6O4/c1-21(2)33-29(38)22-10-12-24(13-11-22)37-27-19-28(41-17-16-36-14-5-4-6-15-36)32-20-26(27)34-31(37)35-30(39)23-8-7-9-25(18-23)40-3/h7-9,18-22,24H,4-6,10-17H2,1-3H3,(H,33,38)(H,34,35,39). The molecule has 1 saturated heterocycles. The van der Waals surface area contributed by atoms with E-state index in [1.54, 1.807) is 37.6 Å². The predicted octanol–water partition coefficient (Wildman–Crippen LogP) is 4.23. The minimum absolute atomic E-state index is 0.00592. The van der Waals surface area contributed by atoms with E-state index in [1.165, 1.54) is 19.3 Å². The number of aromatic amines is 1. The van der Waals surface area contributed by atoms with Crippen LogP contribution in [0.5, 0.6) is 11.6 Å². The third-order valence-electron chi connectivity index (χ3n) is 8.09. The van der Waals surface area contributed by atoms with Gasteiger partial charge < -0.3 is 24.3 Å². The lowest BCUT2D eigenvalue weighted by atomic mass is 9.85. The molecule has 220 valence electrons. The van der Waals surface area contributed by atoms with Crippen LogP contribution in [0.1, 0.15) is 75.2 Å². The molecule has 5 rings (SSSR count). The van der Waals surface area contributed by atoms with Gasteiger partial charge in [-0.25, -0.2) is 4.98 Å². The van der Waals surface area contributed by atoms with Gasteiger partial charge in [-0.2, -0.15) is 4.99 Å². The molecule has 2 N–H and O–H groups in total. The number of rotatable bonds is 9. The van der Waals surface area contributed by atoms with Crippen molar-refractivity contribution in [2.24, 2.45) is 10.9 Å². The number of nitrogens with zero attached hydrogens (tertiary/aromatic N) is 4. The average molecular weight is 563 g/mol. The van der Waals surface area contributed by atoms with Crippen molar-refractivity contribution in [3.8, 4) is 11.6 Å². The number of piperidine rings is 1. The number of fused-ring (bicyclic) bond motifs is 1. The lowest BCUT2D eigenvalue weighted by Crippen LogP contribution is -2.38. The Morgan fingerprint density at radius 2 is 1.90 bits per heavy atom. The van der Waals surface area contributed by atoms with E-state index in [4.69, 9.17) is 9.47 Å². The number of amides is 2. The van der Waals surface area contributed by atoms with Crippen LogP contribution in [-0.2, 0) is 4.79 Å². The molecule has 1 saturated carbocycles. The van der Waals surface area contributed by atoms with E-state index in [1.807, 2.05) is 19.9 Å². The van der Waals surface area contributed by atoms with Crippen LogP contribution in [0.4, 0.5) is 0 Å². The lowest BCUT2D eigenvalue weighted by Gasteiger charge is -2.29. The van der Waals surface area contributed by atoms with Gasteiger partial charge in [-0.3, -0.25) is 14.5 Å². The van der Waals surface area contributed by atoms with Gasteiger partial charge in [0.15, 0.2) is 0 Å². The van der Waals surface area contributed by atoms with Crippen molar-refractivity contribution in [3.05, 3.63) is 47.7 Å². The maximum absolute atomic E-state index is 13.2. The number of pyridine rings is 1. The van der Waals surface area contributed by atoms with Crippen molar-refractivity contribution in [1.82, 2.24) is 24.8 Å². The molecule has 2 amide bonds. The van der Waals surface area contributed by atoms with Crippen molar-refractivity contribution < 1.29 is 19.1 Å². The summed E-state index contributed by atoms with van der Waals surface area (Å²) in [6.45, 7) is 7.67. The Balaban J connectivity index is 1.42. The number of hydrogen-bond donors (Lipinski definition) is 2. The van der Waals surface area contributed by atoms with Gasteiger partial charge in [-0.1, -0.05) is 12.5 Å². The first kappa shape index (κ1) is 28.9. The predicted molar refractivity (Wildman–Crippen MR) is 157 cm³/mol. The van der Waals surface area contributed by atoms with Gasteiger partial charge in [0, 0.05) is 36.2 Å². The number of methoxy groups -OCH3 is 1. The van der Waals surface area contributed by atoms with E-state index in [9.17, 15) is 9.59 Å². The topological polar surface area (TPSA) is 114 Å². The molecule has 0 bridgehead atoms. The van der Waals surface area contributed by atoms with Gasteiger partial charge in [0.25, 0.3) is 5.91 Å². The minimum atomic E-state index is -0.361. The van der Waals surface area contributed by atoms with Gasteiger partial charge in [0.1, 0.15) is 12.4 Å². The van der Waals surface area contributed by atoms with Crippen molar-refractivity contribution >= 4 is 22.8 Å². The highest BCUT2D eigenvalue weighted by Crippen LogP contribution is 2.34. The molecule has 0 spiro atoms. The van der Waals surface area contributed by atoms with Crippen molar-refractivity contribution in [2.45, 2.75) is 70.9 Å². The fraction of sp³-hybridized carbons (Fsp3) is 0.548. The Hall–Kier alpha value is -3.66. The Bertz CT molecular complexity index is 1410. The lowest BCUT2D eigenvalue weighted by molar-refractivity contribution is -0.126. The summed E-state index contributed by atoms with van der Waals surface area (Å²) in [5.41, 5.74) is 2.59. The number of benzene rings is 1. The summed E-state index contributed by atoms with van der Waals surface area (Å²) in [7, 11) is 1.57. The van der Waals surface area contributed by atoms with Gasteiger partial charge in [-0.15, -0.1) is 0 Å². The van der Waals surface area contributed by atoms with E-state index in [2.05, 4.69) is 29.7 Å². The maximum Gasteiger partial charge on any atom is 0.280 e. The highest BCUT2D eigenvalue weighted by atomic mass is 16.5. The molecule has 41 heavy (non-hydrogen) atoms. The van der Waals surface area contributed by atoms with E-state index in [0.29, 0.717) is 29.4 Å². The summed E-state index contributed by atoms with van der Waals surface area (Å²) in [4.78, 5) is 40.7. The van der Waals surface area contributed by atoms with Crippen LogP contribution in [0.15, 0.2) is 41.5 Å². The number of H-pyrrole nitrogens is 1. The molecule has 10 heteroatoms. The average Bonchev–Trinajstić information content (AvgIpc) is 3.34. The fourth-order valence-corrected chi connectivity index (χ4v) is 5.92. The first-order valence-corrected chi connectivity index (χ1v) is 14.9. The molecule has 1 aliphatic carbocycles. The van der Waals surface area contributed by atoms with E-state index in [0.717, 1.165) is 56.4 Å². The zero-order valence-electron chi connectivity index (χ0n) is 24.4. The summed E-state index contributed by atoms with van der Waals surface area (Å²) in [6, 6.07) is 9.13. The summed E-state index contributed by atoms with van der Waals surface area (Å²) in [6.07, 6.45) is 8.70. The Labute approximate surface area is 241 Å². The minimum Gasteiger partial charge on any atom is -0.497 e. The van der Waals surface area contributed by atoms with Crippen molar-refractivity contribution in [3.63, 3.8) is 0 Å². The molecule has 0 radical (unpaired) electrons. The summed E-state index contributed by atoms with van der Waals surface area (Å²) in [5, 5.41) is 3.05. The number of carbonyl (C=O) groups excluding carboxylic acids is 2. The Morgan fingerprint density at radius 3 is 2.63 bits per heavy atom. The molecule has 1 aliphatic heterocycles. The van der Waals surface area contributed by atoms with E-state index >= 15 is 0 Å². The molecule has 0 atom stereocenters. The van der Waals surface area contributed by atoms with Gasteiger partial charge in [0.05, 0.1) is 24.3 Å². The smallest absolute Gasteiger partial charge is 0.280 e. The highest BCUT2D eigenvalue weighted by molar-refractivity contribution is 5.95. The first-order valence-electron chi connectivity index (χ1n) is 14.9.